The number of aldehydes is 1. The van der Waals surface area contributed by atoms with Gasteiger partial charge < -0.3 is 9.84 Å². The van der Waals surface area contributed by atoms with Gasteiger partial charge in [-0.3, -0.25) is 10.1 Å². The molecule has 0 spiro atoms. The Bertz CT molecular complexity index is 106. The maximum atomic E-state index is 10.00. The van der Waals surface area contributed by atoms with Crippen LogP contribution in [0.5, 0.6) is 0 Å². The highest BCUT2D eigenvalue weighted by molar-refractivity contribution is 5.55. The topological polar surface area (TPSA) is 58.6 Å². The fraction of sp³-hybridized carbons (Fsp3) is 0.800. The summed E-state index contributed by atoms with van der Waals surface area (Å²) in [6.07, 6.45) is -0.0438. The highest BCUT2D eigenvalue weighted by atomic mass is 16.5. The van der Waals surface area contributed by atoms with Crippen molar-refractivity contribution in [2.45, 2.75) is 12.3 Å². The van der Waals surface area contributed by atoms with Crippen molar-refractivity contribution in [3.05, 3.63) is 0 Å². The molecule has 4 nitrogen and oxygen atoms in total. The summed E-state index contributed by atoms with van der Waals surface area (Å²) in [4.78, 5) is 10.00. The first-order chi connectivity index (χ1) is 4.36. The Morgan fingerprint density at radius 1 is 1.89 bits per heavy atom. The van der Waals surface area contributed by atoms with Gasteiger partial charge >= 0.3 is 0 Å². The van der Waals surface area contributed by atoms with Crippen molar-refractivity contribution in [3.63, 3.8) is 0 Å². The number of rotatable bonds is 2. The maximum absolute atomic E-state index is 10.00. The average Bonchev–Trinajstić information content (AvgIpc) is 2.34. The van der Waals surface area contributed by atoms with Gasteiger partial charge in [0.15, 0.2) is 12.5 Å². The number of ether oxygens (including phenoxy) is 1. The van der Waals surface area contributed by atoms with Crippen LogP contribution in [0.2, 0.25) is 0 Å². The van der Waals surface area contributed by atoms with E-state index in [0.29, 0.717) is 12.8 Å². The lowest BCUT2D eigenvalue weighted by Crippen LogP contribution is -2.23. The number of aliphatic hydroxyl groups is 1. The van der Waals surface area contributed by atoms with Crippen LogP contribution in [0.25, 0.3) is 0 Å². The largest absolute Gasteiger partial charge is 0.394 e. The molecule has 1 saturated heterocycles. The van der Waals surface area contributed by atoms with Crippen molar-refractivity contribution in [1.82, 2.24) is 5.32 Å². The number of aliphatic hydroxyl groups excluding tert-OH is 1. The standard InChI is InChI=1S/C5H9NO3/c7-2-4-1-6-5(3-8)9-4/h3-7H,1-2H2. The zero-order valence-corrected chi connectivity index (χ0v) is 4.91. The molecule has 1 aliphatic heterocycles. The number of nitrogens with one attached hydrogen (secondary N) is 1. The molecule has 2 N–H and O–H groups in total. The highest BCUT2D eigenvalue weighted by Gasteiger charge is 2.22. The molecule has 1 rings (SSSR count). The second kappa shape index (κ2) is 2.91. The predicted molar refractivity (Wildman–Crippen MR) is 29.8 cm³/mol. The first-order valence-corrected chi connectivity index (χ1v) is 2.82. The van der Waals surface area contributed by atoms with E-state index >= 15 is 0 Å². The van der Waals surface area contributed by atoms with Crippen LogP contribution in [0, 0.1) is 0 Å². The molecule has 9 heavy (non-hydrogen) atoms. The van der Waals surface area contributed by atoms with E-state index in [9.17, 15) is 4.79 Å². The Morgan fingerprint density at radius 2 is 2.67 bits per heavy atom. The van der Waals surface area contributed by atoms with Crippen molar-refractivity contribution in [2.24, 2.45) is 0 Å². The second-order valence-electron chi connectivity index (χ2n) is 1.91. The smallest absolute Gasteiger partial charge is 0.165 e. The number of hydrogen-bond acceptors (Lipinski definition) is 4. The Morgan fingerprint density at radius 3 is 3.00 bits per heavy atom. The molecule has 0 aliphatic carbocycles. The molecular weight excluding hydrogens is 122 g/mol. The van der Waals surface area contributed by atoms with Crippen LogP contribution in [0.15, 0.2) is 0 Å². The van der Waals surface area contributed by atoms with Crippen LogP contribution in [0.3, 0.4) is 0 Å². The van der Waals surface area contributed by atoms with Crippen molar-refractivity contribution in [1.29, 1.82) is 0 Å². The quantitative estimate of drug-likeness (QED) is 0.447. The van der Waals surface area contributed by atoms with E-state index in [2.05, 4.69) is 5.32 Å². The summed E-state index contributed by atoms with van der Waals surface area (Å²) in [5.74, 6) is 0. The third kappa shape index (κ3) is 1.48. The van der Waals surface area contributed by atoms with E-state index in [4.69, 9.17) is 9.84 Å². The SMILES string of the molecule is O=CC1NCC(CO)O1. The Labute approximate surface area is 52.8 Å². The van der Waals surface area contributed by atoms with Crippen molar-refractivity contribution < 1.29 is 14.6 Å². The van der Waals surface area contributed by atoms with E-state index in [1.54, 1.807) is 0 Å². The fourth-order valence-corrected chi connectivity index (χ4v) is 0.739. The van der Waals surface area contributed by atoms with Gasteiger partial charge in [-0.1, -0.05) is 0 Å². The molecule has 2 unspecified atom stereocenters. The van der Waals surface area contributed by atoms with Crippen molar-refractivity contribution in [2.75, 3.05) is 13.2 Å². The predicted octanol–water partition coefficient (Wildman–Crippen LogP) is -1.51. The first-order valence-electron chi connectivity index (χ1n) is 2.82. The van der Waals surface area contributed by atoms with Gasteiger partial charge in [0.25, 0.3) is 0 Å². The van der Waals surface area contributed by atoms with Gasteiger partial charge in [0.2, 0.25) is 0 Å². The average molecular weight is 131 g/mol. The number of hydrogen-bond donors (Lipinski definition) is 2. The summed E-state index contributed by atoms with van der Waals surface area (Å²) in [7, 11) is 0. The maximum Gasteiger partial charge on any atom is 0.165 e. The third-order valence-corrected chi connectivity index (χ3v) is 1.21. The summed E-state index contributed by atoms with van der Waals surface area (Å²) in [6, 6.07) is 0. The third-order valence-electron chi connectivity index (χ3n) is 1.21. The molecule has 0 radical (unpaired) electrons. The molecule has 0 aromatic carbocycles. The molecule has 0 bridgehead atoms. The van der Waals surface area contributed by atoms with Crippen LogP contribution < -0.4 is 5.32 Å². The fourth-order valence-electron chi connectivity index (χ4n) is 0.739. The van der Waals surface area contributed by atoms with Crippen molar-refractivity contribution in [3.8, 4) is 0 Å². The molecule has 1 aliphatic rings. The van der Waals surface area contributed by atoms with Crippen molar-refractivity contribution >= 4 is 6.29 Å². The minimum absolute atomic E-state index is 0.0304. The monoisotopic (exact) mass is 131 g/mol. The van der Waals surface area contributed by atoms with E-state index < -0.39 is 6.23 Å². The molecular formula is C5H9NO3. The van der Waals surface area contributed by atoms with Crippen LogP contribution in [-0.2, 0) is 9.53 Å². The van der Waals surface area contributed by atoms with Gasteiger partial charge in [0.05, 0.1) is 12.7 Å². The van der Waals surface area contributed by atoms with E-state index in [1.165, 1.54) is 0 Å². The van der Waals surface area contributed by atoms with Crippen LogP contribution in [0.4, 0.5) is 0 Å². The summed E-state index contributed by atoms with van der Waals surface area (Å²) >= 11 is 0. The summed E-state index contributed by atoms with van der Waals surface area (Å²) < 4.78 is 4.93. The molecule has 4 heteroatoms. The molecule has 0 amide bonds. The van der Waals surface area contributed by atoms with Crippen LogP contribution >= 0.6 is 0 Å². The van der Waals surface area contributed by atoms with Gasteiger partial charge in [-0.25, -0.2) is 0 Å². The summed E-state index contributed by atoms with van der Waals surface area (Å²) in [5.41, 5.74) is 0. The van der Waals surface area contributed by atoms with Crippen LogP contribution in [-0.4, -0.2) is 36.9 Å². The van der Waals surface area contributed by atoms with Gasteiger partial charge in [-0.05, 0) is 0 Å². The minimum Gasteiger partial charge on any atom is -0.394 e. The Kier molecular flexibility index (Phi) is 2.16. The summed E-state index contributed by atoms with van der Waals surface area (Å²) in [6.45, 7) is 0.525. The molecule has 0 aromatic rings. The Hall–Kier alpha value is -0.450. The lowest BCUT2D eigenvalue weighted by Gasteiger charge is -2.02. The molecule has 1 heterocycles. The van der Waals surface area contributed by atoms with E-state index in [0.717, 1.165) is 0 Å². The molecule has 52 valence electrons. The molecule has 1 fully saturated rings. The number of carbonyl (C=O) groups excluding carboxylic acids is 1. The van der Waals surface area contributed by atoms with E-state index in [1.807, 2.05) is 0 Å². The molecule has 0 saturated carbocycles. The lowest BCUT2D eigenvalue weighted by atomic mass is 10.4. The number of carbonyl (C=O) groups is 1. The first kappa shape index (κ1) is 6.67. The zero-order chi connectivity index (χ0) is 6.69. The van der Waals surface area contributed by atoms with Crippen LogP contribution in [0.1, 0.15) is 0 Å². The zero-order valence-electron chi connectivity index (χ0n) is 4.91. The van der Waals surface area contributed by atoms with Gasteiger partial charge in [-0.2, -0.15) is 0 Å². The lowest BCUT2D eigenvalue weighted by molar-refractivity contribution is -0.118. The van der Waals surface area contributed by atoms with Gasteiger partial charge in [0, 0.05) is 6.54 Å². The summed E-state index contributed by atoms with van der Waals surface area (Å²) in [5, 5.41) is 11.3. The van der Waals surface area contributed by atoms with E-state index in [-0.39, 0.29) is 12.7 Å². The van der Waals surface area contributed by atoms with Gasteiger partial charge in [-0.15, -0.1) is 0 Å². The molecule has 0 aromatic heterocycles. The molecule has 2 atom stereocenters. The minimum atomic E-state index is -0.512. The Balaban J connectivity index is 2.28. The normalized spacial score (nSPS) is 34.8. The second-order valence-corrected chi connectivity index (χ2v) is 1.91. The highest BCUT2D eigenvalue weighted by Crippen LogP contribution is 2.00. The van der Waals surface area contributed by atoms with Gasteiger partial charge in [0.1, 0.15) is 0 Å².